The van der Waals surface area contributed by atoms with Gasteiger partial charge in [0.25, 0.3) is 5.91 Å². The van der Waals surface area contributed by atoms with E-state index in [1.807, 2.05) is 19.1 Å². The highest BCUT2D eigenvalue weighted by Gasteiger charge is 2.30. The topological polar surface area (TPSA) is 95.2 Å². The zero-order valence-corrected chi connectivity index (χ0v) is 14.9. The zero-order valence-electron chi connectivity index (χ0n) is 14.9. The molecule has 1 aliphatic rings. The van der Waals surface area contributed by atoms with Crippen LogP contribution in [0.5, 0.6) is 0 Å². The number of rotatable bonds is 4. The van der Waals surface area contributed by atoms with Crippen LogP contribution >= 0.6 is 0 Å². The Hall–Kier alpha value is -2.96. The number of aromatic amines is 1. The van der Waals surface area contributed by atoms with Crippen LogP contribution in [0.2, 0.25) is 0 Å². The Morgan fingerprint density at radius 1 is 1.35 bits per heavy atom. The normalized spacial score (nSPS) is 17.0. The van der Waals surface area contributed by atoms with Crippen LogP contribution in [0.15, 0.2) is 30.6 Å². The fourth-order valence-corrected chi connectivity index (χ4v) is 3.10. The lowest BCUT2D eigenvalue weighted by Gasteiger charge is -2.31. The Balaban J connectivity index is 1.66. The molecule has 0 aromatic carbocycles. The highest BCUT2D eigenvalue weighted by molar-refractivity contribution is 5.99. The summed E-state index contributed by atoms with van der Waals surface area (Å²) < 4.78 is 0. The summed E-state index contributed by atoms with van der Waals surface area (Å²) in [5, 5.41) is 2.86. The van der Waals surface area contributed by atoms with Gasteiger partial charge in [0.2, 0.25) is 5.91 Å². The van der Waals surface area contributed by atoms with Gasteiger partial charge in [0, 0.05) is 31.0 Å². The molecule has 136 valence electrons. The van der Waals surface area contributed by atoms with Crippen LogP contribution < -0.4 is 5.32 Å². The van der Waals surface area contributed by atoms with E-state index in [2.05, 4.69) is 15.3 Å². The molecule has 7 heteroatoms. The summed E-state index contributed by atoms with van der Waals surface area (Å²) in [6, 6.07) is 5.26. The largest absolute Gasteiger partial charge is 0.356 e. The zero-order chi connectivity index (χ0) is 18.7. The van der Waals surface area contributed by atoms with Crippen LogP contribution in [0.4, 0.5) is 5.82 Å². The van der Waals surface area contributed by atoms with E-state index in [9.17, 15) is 14.4 Å². The number of nitrogens with zero attached hydrogens (tertiary/aromatic N) is 2. The molecule has 0 bridgehead atoms. The first-order valence-electron chi connectivity index (χ1n) is 8.67. The molecule has 3 rings (SSSR count). The second-order valence-electron chi connectivity index (χ2n) is 6.61. The van der Waals surface area contributed by atoms with Gasteiger partial charge in [-0.3, -0.25) is 14.4 Å². The fourth-order valence-electron chi connectivity index (χ4n) is 3.10. The highest BCUT2D eigenvalue weighted by atomic mass is 16.2. The third-order valence-corrected chi connectivity index (χ3v) is 4.65. The van der Waals surface area contributed by atoms with Crippen molar-refractivity contribution in [1.82, 2.24) is 14.9 Å². The Morgan fingerprint density at radius 3 is 2.85 bits per heavy atom. The van der Waals surface area contributed by atoms with Crippen molar-refractivity contribution in [2.24, 2.45) is 5.92 Å². The van der Waals surface area contributed by atoms with Crippen molar-refractivity contribution < 1.29 is 14.4 Å². The number of anilines is 1. The van der Waals surface area contributed by atoms with Crippen LogP contribution in [0.25, 0.3) is 0 Å². The van der Waals surface area contributed by atoms with Crippen molar-refractivity contribution in [3.8, 4) is 0 Å². The maximum absolute atomic E-state index is 12.7. The maximum Gasteiger partial charge on any atom is 0.270 e. The number of aromatic nitrogens is 2. The average molecular weight is 354 g/mol. The van der Waals surface area contributed by atoms with Gasteiger partial charge in [0.1, 0.15) is 11.5 Å². The third-order valence-electron chi connectivity index (χ3n) is 4.65. The molecule has 2 amide bonds. The smallest absolute Gasteiger partial charge is 0.270 e. The first-order chi connectivity index (χ1) is 12.5. The van der Waals surface area contributed by atoms with Gasteiger partial charge in [-0.1, -0.05) is 6.07 Å². The molecular formula is C19H22N4O3. The number of pyridine rings is 1. The number of Topliss-reactive ketones (excluding diaryl/α,β-unsaturated/α-hetero) is 1. The molecule has 0 saturated carbocycles. The van der Waals surface area contributed by atoms with Crippen LogP contribution in [0.3, 0.4) is 0 Å². The van der Waals surface area contributed by atoms with Gasteiger partial charge in [-0.25, -0.2) is 4.98 Å². The number of hydrogen-bond acceptors (Lipinski definition) is 4. The quantitative estimate of drug-likeness (QED) is 0.824. The molecule has 3 heterocycles. The van der Waals surface area contributed by atoms with Gasteiger partial charge >= 0.3 is 0 Å². The van der Waals surface area contributed by atoms with Crippen molar-refractivity contribution in [1.29, 1.82) is 0 Å². The molecule has 2 N–H and O–H groups in total. The maximum atomic E-state index is 12.7. The van der Waals surface area contributed by atoms with Gasteiger partial charge in [0.05, 0.1) is 5.92 Å². The minimum absolute atomic E-state index is 0.0954. The number of carbonyl (C=O) groups is 3. The van der Waals surface area contributed by atoms with Gasteiger partial charge in [0.15, 0.2) is 5.78 Å². The molecule has 2 aromatic rings. The first kappa shape index (κ1) is 17.8. The fraction of sp³-hybridized carbons (Fsp3) is 0.368. The molecule has 7 nitrogen and oxygen atoms in total. The number of ketones is 1. The van der Waals surface area contributed by atoms with Crippen molar-refractivity contribution in [2.75, 3.05) is 18.4 Å². The number of aryl methyl sites for hydroxylation is 1. The molecule has 1 aliphatic heterocycles. The monoisotopic (exact) mass is 354 g/mol. The van der Waals surface area contributed by atoms with Crippen molar-refractivity contribution in [2.45, 2.75) is 26.7 Å². The van der Waals surface area contributed by atoms with Crippen LogP contribution in [0.1, 0.15) is 46.2 Å². The Morgan fingerprint density at radius 2 is 2.15 bits per heavy atom. The number of likely N-dealkylation sites (tertiary alicyclic amines) is 1. The molecular weight excluding hydrogens is 332 g/mol. The van der Waals surface area contributed by atoms with E-state index < -0.39 is 0 Å². The number of hydrogen-bond donors (Lipinski definition) is 2. The number of carbonyl (C=O) groups excluding carboxylic acids is 3. The van der Waals surface area contributed by atoms with E-state index in [-0.39, 0.29) is 23.5 Å². The molecule has 26 heavy (non-hydrogen) atoms. The molecule has 0 radical (unpaired) electrons. The lowest BCUT2D eigenvalue weighted by atomic mass is 9.96. The van der Waals surface area contributed by atoms with Crippen molar-refractivity contribution >= 4 is 23.4 Å². The number of piperidine rings is 1. The summed E-state index contributed by atoms with van der Waals surface area (Å²) in [5.41, 5.74) is 1.75. The second-order valence-corrected chi connectivity index (χ2v) is 6.61. The Kier molecular flexibility index (Phi) is 5.16. The molecule has 1 fully saturated rings. The van der Waals surface area contributed by atoms with E-state index in [4.69, 9.17) is 0 Å². The third kappa shape index (κ3) is 3.82. The summed E-state index contributed by atoms with van der Waals surface area (Å²) in [6.07, 6.45) is 4.65. The van der Waals surface area contributed by atoms with E-state index >= 15 is 0 Å². The van der Waals surface area contributed by atoms with E-state index in [1.54, 1.807) is 17.2 Å². The van der Waals surface area contributed by atoms with E-state index in [0.29, 0.717) is 30.2 Å². The lowest BCUT2D eigenvalue weighted by molar-refractivity contribution is -0.121. The summed E-state index contributed by atoms with van der Waals surface area (Å²) in [6.45, 7) is 4.29. The van der Waals surface area contributed by atoms with Gasteiger partial charge in [-0.2, -0.15) is 0 Å². The van der Waals surface area contributed by atoms with Crippen molar-refractivity contribution in [3.05, 3.63) is 47.4 Å². The second kappa shape index (κ2) is 7.51. The number of H-pyrrole nitrogens is 1. The lowest BCUT2D eigenvalue weighted by Crippen LogP contribution is -2.44. The molecule has 0 unspecified atom stereocenters. The summed E-state index contributed by atoms with van der Waals surface area (Å²) >= 11 is 0. The van der Waals surface area contributed by atoms with Crippen LogP contribution in [-0.2, 0) is 4.79 Å². The summed E-state index contributed by atoms with van der Waals surface area (Å²) in [5.74, 6) is -0.140. The number of amides is 2. The highest BCUT2D eigenvalue weighted by Crippen LogP contribution is 2.21. The molecule has 2 aromatic heterocycles. The SMILES string of the molecule is CC(=O)c1c[nH]c(C(=O)N2CCC[C@H](C(=O)Nc3ncccc3C)C2)c1. The minimum Gasteiger partial charge on any atom is -0.356 e. The Labute approximate surface area is 151 Å². The predicted octanol–water partition coefficient (Wildman–Crippen LogP) is 2.41. The average Bonchev–Trinajstić information content (AvgIpc) is 3.13. The van der Waals surface area contributed by atoms with Crippen LogP contribution in [-0.4, -0.2) is 45.6 Å². The van der Waals surface area contributed by atoms with Gasteiger partial charge in [-0.15, -0.1) is 0 Å². The summed E-state index contributed by atoms with van der Waals surface area (Å²) in [7, 11) is 0. The van der Waals surface area contributed by atoms with Crippen molar-refractivity contribution in [3.63, 3.8) is 0 Å². The van der Waals surface area contributed by atoms with E-state index in [1.165, 1.54) is 13.1 Å². The molecule has 1 atom stereocenters. The first-order valence-corrected chi connectivity index (χ1v) is 8.67. The minimum atomic E-state index is -0.281. The van der Waals surface area contributed by atoms with Crippen LogP contribution in [0, 0.1) is 12.8 Å². The number of nitrogens with one attached hydrogen (secondary N) is 2. The molecule has 0 spiro atoms. The standard InChI is InChI=1S/C19H22N4O3/c1-12-5-3-7-20-17(12)22-18(25)14-6-4-8-23(11-14)19(26)16-9-15(10-21-16)13(2)24/h3,5,7,9-10,14,21H,4,6,8,11H2,1-2H3,(H,20,22,25)/t14-/m0/s1. The molecule has 1 saturated heterocycles. The molecule has 0 aliphatic carbocycles. The van der Waals surface area contributed by atoms with Gasteiger partial charge in [-0.05, 0) is 44.4 Å². The van der Waals surface area contributed by atoms with Gasteiger partial charge < -0.3 is 15.2 Å². The van der Waals surface area contributed by atoms with E-state index in [0.717, 1.165) is 18.4 Å². The predicted molar refractivity (Wildman–Crippen MR) is 97.0 cm³/mol. The summed E-state index contributed by atoms with van der Waals surface area (Å²) in [4.78, 5) is 45.3. The Bertz CT molecular complexity index is 843.